The van der Waals surface area contributed by atoms with Crippen molar-refractivity contribution in [1.82, 2.24) is 14.5 Å². The number of imidazole rings is 1. The van der Waals surface area contributed by atoms with E-state index in [-0.39, 0.29) is 0 Å². The number of benzene rings is 1. The van der Waals surface area contributed by atoms with Crippen LogP contribution in [0.15, 0.2) is 24.3 Å². The third-order valence-corrected chi connectivity index (χ3v) is 4.39. The molecule has 1 fully saturated rings. The maximum absolute atomic E-state index is 4.81. The molecule has 0 bridgehead atoms. The first kappa shape index (κ1) is 13.9. The van der Waals surface area contributed by atoms with Crippen molar-refractivity contribution in [3.8, 4) is 0 Å². The summed E-state index contributed by atoms with van der Waals surface area (Å²) in [4.78, 5) is 9.76. The number of aryl methyl sites for hydroxylation is 1. The van der Waals surface area contributed by atoms with Gasteiger partial charge in [-0.25, -0.2) is 4.98 Å². The minimum atomic E-state index is 1.05. The molecule has 4 nitrogen and oxygen atoms in total. The molecule has 1 aliphatic heterocycles. The summed E-state index contributed by atoms with van der Waals surface area (Å²) < 4.78 is 2.22. The van der Waals surface area contributed by atoms with Gasteiger partial charge in [0.05, 0.1) is 11.0 Å². The Labute approximate surface area is 128 Å². The number of hydrogen-bond donors (Lipinski definition) is 0. The Morgan fingerprint density at radius 1 is 1.15 bits per heavy atom. The Morgan fingerprint density at radius 3 is 2.80 bits per heavy atom. The quantitative estimate of drug-likeness (QED) is 0.805. The molecule has 0 atom stereocenters. The highest BCUT2D eigenvalue weighted by Gasteiger charge is 2.18. The second-order valence-corrected chi connectivity index (χ2v) is 6.12. The first-order chi connectivity index (χ1) is 9.79. The molecule has 3 rings (SSSR count). The lowest BCUT2D eigenvalue weighted by atomic mass is 10.3. The molecular weight excluding hydrogens is 316 g/mol. The Bertz CT molecular complexity index is 580. The minimum absolute atomic E-state index is 1.05. The van der Waals surface area contributed by atoms with E-state index < -0.39 is 0 Å². The summed E-state index contributed by atoms with van der Waals surface area (Å²) >= 11 is 3.53. The predicted molar refractivity (Wildman–Crippen MR) is 87.8 cm³/mol. The lowest BCUT2D eigenvalue weighted by Crippen LogP contribution is -2.32. The molecule has 108 valence electrons. The highest BCUT2D eigenvalue weighted by molar-refractivity contribution is 9.09. The molecular formula is C15H21BrN4. The van der Waals surface area contributed by atoms with Gasteiger partial charge in [0.15, 0.2) is 0 Å². The summed E-state index contributed by atoms with van der Waals surface area (Å²) in [7, 11) is 2.12. The maximum atomic E-state index is 4.81. The first-order valence-electron chi connectivity index (χ1n) is 7.24. The molecule has 2 heterocycles. The number of aromatic nitrogens is 2. The largest absolute Gasteiger partial charge is 0.341 e. The monoisotopic (exact) mass is 336 g/mol. The van der Waals surface area contributed by atoms with Crippen molar-refractivity contribution in [2.24, 2.45) is 7.05 Å². The second-order valence-electron chi connectivity index (χ2n) is 5.33. The topological polar surface area (TPSA) is 24.3 Å². The van der Waals surface area contributed by atoms with E-state index in [4.69, 9.17) is 4.98 Å². The number of alkyl halides is 1. The standard InChI is InChI=1S/C15H21BrN4/c1-18-14-6-3-2-5-13(14)17-15(18)20-9-4-8-19(10-7-16)11-12-20/h2-3,5-6H,4,7-12H2,1H3. The molecule has 20 heavy (non-hydrogen) atoms. The molecule has 0 saturated carbocycles. The Morgan fingerprint density at radius 2 is 2.00 bits per heavy atom. The van der Waals surface area contributed by atoms with Gasteiger partial charge in [-0.2, -0.15) is 0 Å². The van der Waals surface area contributed by atoms with Crippen LogP contribution < -0.4 is 4.90 Å². The second kappa shape index (κ2) is 6.14. The van der Waals surface area contributed by atoms with Crippen LogP contribution in [-0.4, -0.2) is 52.5 Å². The molecule has 1 aliphatic rings. The third kappa shape index (κ3) is 2.69. The minimum Gasteiger partial charge on any atom is -0.341 e. The van der Waals surface area contributed by atoms with Gasteiger partial charge >= 0.3 is 0 Å². The van der Waals surface area contributed by atoms with E-state index in [0.717, 1.165) is 43.0 Å². The number of nitrogens with zero attached hydrogens (tertiary/aromatic N) is 4. The number of halogens is 1. The number of hydrogen-bond acceptors (Lipinski definition) is 3. The van der Waals surface area contributed by atoms with Crippen LogP contribution in [0.25, 0.3) is 11.0 Å². The molecule has 0 unspecified atom stereocenters. The fourth-order valence-corrected chi connectivity index (χ4v) is 3.43. The Hall–Kier alpha value is -1.07. The van der Waals surface area contributed by atoms with Crippen LogP contribution >= 0.6 is 15.9 Å². The lowest BCUT2D eigenvalue weighted by Gasteiger charge is -2.22. The van der Waals surface area contributed by atoms with Gasteiger partial charge in [-0.3, -0.25) is 0 Å². The molecule has 5 heteroatoms. The SMILES string of the molecule is Cn1c(N2CCCN(CCBr)CC2)nc2ccccc21. The summed E-state index contributed by atoms with van der Waals surface area (Å²) in [5.74, 6) is 1.10. The van der Waals surface area contributed by atoms with Crippen molar-refractivity contribution in [2.45, 2.75) is 6.42 Å². The van der Waals surface area contributed by atoms with Gasteiger partial charge in [-0.1, -0.05) is 28.1 Å². The van der Waals surface area contributed by atoms with E-state index in [2.05, 4.69) is 61.6 Å². The van der Waals surface area contributed by atoms with Crippen LogP contribution in [0.1, 0.15) is 6.42 Å². The highest BCUT2D eigenvalue weighted by atomic mass is 79.9. The fourth-order valence-electron chi connectivity index (χ4n) is 2.93. The van der Waals surface area contributed by atoms with Gasteiger partial charge < -0.3 is 14.4 Å². The highest BCUT2D eigenvalue weighted by Crippen LogP contribution is 2.22. The maximum Gasteiger partial charge on any atom is 0.206 e. The van der Waals surface area contributed by atoms with Gasteiger partial charge in [0, 0.05) is 38.6 Å². The van der Waals surface area contributed by atoms with Gasteiger partial charge in [-0.05, 0) is 25.1 Å². The van der Waals surface area contributed by atoms with Crippen molar-refractivity contribution in [3.63, 3.8) is 0 Å². The zero-order valence-corrected chi connectivity index (χ0v) is 13.5. The molecule has 1 aromatic carbocycles. The number of rotatable bonds is 3. The number of anilines is 1. The van der Waals surface area contributed by atoms with Crippen LogP contribution in [0.5, 0.6) is 0 Å². The van der Waals surface area contributed by atoms with E-state index in [1.54, 1.807) is 0 Å². The summed E-state index contributed by atoms with van der Waals surface area (Å²) in [6.45, 7) is 5.59. The Kier molecular flexibility index (Phi) is 4.27. The molecule has 0 spiro atoms. The summed E-state index contributed by atoms with van der Waals surface area (Å²) in [5.41, 5.74) is 2.30. The molecule has 0 aliphatic carbocycles. The van der Waals surface area contributed by atoms with Crippen LogP contribution in [0.3, 0.4) is 0 Å². The Balaban J connectivity index is 1.82. The normalized spacial score (nSPS) is 17.6. The van der Waals surface area contributed by atoms with E-state index >= 15 is 0 Å². The van der Waals surface area contributed by atoms with Gasteiger partial charge in [0.2, 0.25) is 5.95 Å². The summed E-state index contributed by atoms with van der Waals surface area (Å²) in [5, 5.41) is 1.05. The molecule has 0 amide bonds. The molecule has 0 N–H and O–H groups in total. The van der Waals surface area contributed by atoms with Gasteiger partial charge in [-0.15, -0.1) is 0 Å². The zero-order chi connectivity index (χ0) is 13.9. The molecule has 1 saturated heterocycles. The fraction of sp³-hybridized carbons (Fsp3) is 0.533. The number of fused-ring (bicyclic) bond motifs is 1. The predicted octanol–water partition coefficient (Wildman–Crippen LogP) is 2.48. The summed E-state index contributed by atoms with van der Waals surface area (Å²) in [6.07, 6.45) is 1.20. The zero-order valence-electron chi connectivity index (χ0n) is 11.9. The average Bonchev–Trinajstić information content (AvgIpc) is 2.65. The average molecular weight is 337 g/mol. The van der Waals surface area contributed by atoms with E-state index in [0.29, 0.717) is 0 Å². The van der Waals surface area contributed by atoms with Gasteiger partial charge in [0.25, 0.3) is 0 Å². The molecule has 0 radical (unpaired) electrons. The third-order valence-electron chi connectivity index (χ3n) is 4.04. The van der Waals surface area contributed by atoms with Crippen LogP contribution in [0.4, 0.5) is 5.95 Å². The molecule has 1 aromatic heterocycles. The van der Waals surface area contributed by atoms with Crippen LogP contribution in [0.2, 0.25) is 0 Å². The van der Waals surface area contributed by atoms with Crippen LogP contribution in [0, 0.1) is 0 Å². The van der Waals surface area contributed by atoms with Crippen molar-refractivity contribution >= 4 is 32.9 Å². The van der Waals surface area contributed by atoms with E-state index in [1.165, 1.54) is 18.5 Å². The lowest BCUT2D eigenvalue weighted by molar-refractivity contribution is 0.313. The van der Waals surface area contributed by atoms with E-state index in [9.17, 15) is 0 Å². The number of para-hydroxylation sites is 2. The van der Waals surface area contributed by atoms with Crippen molar-refractivity contribution in [2.75, 3.05) is 43.0 Å². The van der Waals surface area contributed by atoms with Crippen molar-refractivity contribution < 1.29 is 0 Å². The van der Waals surface area contributed by atoms with Crippen molar-refractivity contribution in [1.29, 1.82) is 0 Å². The first-order valence-corrected chi connectivity index (χ1v) is 8.36. The van der Waals surface area contributed by atoms with Crippen LogP contribution in [-0.2, 0) is 7.05 Å². The van der Waals surface area contributed by atoms with E-state index in [1.807, 2.05) is 0 Å². The van der Waals surface area contributed by atoms with Gasteiger partial charge in [0.1, 0.15) is 0 Å². The molecule has 2 aromatic rings. The smallest absolute Gasteiger partial charge is 0.206 e. The van der Waals surface area contributed by atoms with Crippen molar-refractivity contribution in [3.05, 3.63) is 24.3 Å². The summed E-state index contributed by atoms with van der Waals surface area (Å²) in [6, 6.07) is 8.36.